The van der Waals surface area contributed by atoms with E-state index in [4.69, 9.17) is 0 Å². The SMILES string of the molecule is Cc1ccc(SCc2nnc(SC(C)C(=O)Nc3ccc(O)cc3)n2-c2ccccc2)cc1. The largest absolute Gasteiger partial charge is 0.508 e. The zero-order chi connectivity index (χ0) is 23.2. The molecular weight excluding hydrogens is 452 g/mol. The van der Waals surface area contributed by atoms with E-state index < -0.39 is 5.25 Å². The number of aromatic nitrogens is 3. The number of carbonyl (C=O) groups excluding carboxylic acids is 1. The van der Waals surface area contributed by atoms with Crippen molar-refractivity contribution in [3.8, 4) is 11.4 Å². The van der Waals surface area contributed by atoms with Gasteiger partial charge in [0, 0.05) is 16.3 Å². The minimum absolute atomic E-state index is 0.149. The van der Waals surface area contributed by atoms with Crippen molar-refractivity contribution in [2.24, 2.45) is 0 Å². The van der Waals surface area contributed by atoms with Crippen LogP contribution in [0.5, 0.6) is 5.75 Å². The Hall–Kier alpha value is -3.23. The second-order valence-electron chi connectivity index (χ2n) is 7.47. The number of benzene rings is 3. The molecule has 1 unspecified atom stereocenters. The van der Waals surface area contributed by atoms with Crippen molar-refractivity contribution >= 4 is 35.1 Å². The van der Waals surface area contributed by atoms with Crippen molar-refractivity contribution in [1.82, 2.24) is 14.8 Å². The molecule has 8 heteroatoms. The molecule has 4 rings (SSSR count). The lowest BCUT2D eigenvalue weighted by atomic mass is 10.2. The van der Waals surface area contributed by atoms with Gasteiger partial charge >= 0.3 is 0 Å². The molecule has 1 atom stereocenters. The van der Waals surface area contributed by atoms with Crippen LogP contribution in [-0.4, -0.2) is 31.0 Å². The molecule has 0 aliphatic carbocycles. The number of aryl methyl sites for hydroxylation is 1. The van der Waals surface area contributed by atoms with Gasteiger partial charge in [-0.15, -0.1) is 22.0 Å². The van der Waals surface area contributed by atoms with Crippen LogP contribution in [0.25, 0.3) is 5.69 Å². The lowest BCUT2D eigenvalue weighted by molar-refractivity contribution is -0.115. The number of amides is 1. The van der Waals surface area contributed by atoms with Gasteiger partial charge in [-0.2, -0.15) is 0 Å². The van der Waals surface area contributed by atoms with Gasteiger partial charge in [-0.3, -0.25) is 9.36 Å². The first-order valence-electron chi connectivity index (χ1n) is 10.5. The number of nitrogens with zero attached hydrogens (tertiary/aromatic N) is 3. The molecule has 1 heterocycles. The van der Waals surface area contributed by atoms with E-state index in [0.717, 1.165) is 11.5 Å². The van der Waals surface area contributed by atoms with Crippen LogP contribution in [0.15, 0.2) is 88.9 Å². The molecule has 3 aromatic carbocycles. The van der Waals surface area contributed by atoms with E-state index in [1.165, 1.54) is 34.4 Å². The van der Waals surface area contributed by atoms with Gasteiger partial charge in [0.25, 0.3) is 0 Å². The number of para-hydroxylation sites is 1. The molecule has 0 aliphatic rings. The number of aromatic hydroxyl groups is 1. The van der Waals surface area contributed by atoms with E-state index in [-0.39, 0.29) is 11.7 Å². The van der Waals surface area contributed by atoms with Crippen LogP contribution in [0.3, 0.4) is 0 Å². The summed E-state index contributed by atoms with van der Waals surface area (Å²) in [5, 5.41) is 21.4. The molecular formula is C25H24N4O2S2. The average molecular weight is 477 g/mol. The summed E-state index contributed by atoms with van der Waals surface area (Å²) >= 11 is 3.06. The lowest BCUT2D eigenvalue weighted by Gasteiger charge is -2.14. The van der Waals surface area contributed by atoms with Gasteiger partial charge in [-0.05, 0) is 62.4 Å². The first-order valence-corrected chi connectivity index (χ1v) is 12.3. The molecule has 0 radical (unpaired) electrons. The number of rotatable bonds is 8. The summed E-state index contributed by atoms with van der Waals surface area (Å²) in [4.78, 5) is 13.9. The summed E-state index contributed by atoms with van der Waals surface area (Å²) in [6.07, 6.45) is 0. The zero-order valence-corrected chi connectivity index (χ0v) is 19.9. The highest BCUT2D eigenvalue weighted by Gasteiger charge is 2.21. The molecule has 1 aromatic heterocycles. The van der Waals surface area contributed by atoms with Gasteiger partial charge in [-0.25, -0.2) is 0 Å². The van der Waals surface area contributed by atoms with Crippen LogP contribution in [-0.2, 0) is 10.5 Å². The van der Waals surface area contributed by atoms with Crippen LogP contribution in [0.4, 0.5) is 5.69 Å². The van der Waals surface area contributed by atoms with Crippen LogP contribution in [0, 0.1) is 6.92 Å². The second kappa shape index (κ2) is 10.6. The maximum atomic E-state index is 12.7. The van der Waals surface area contributed by atoms with Crippen molar-refractivity contribution in [3.05, 3.63) is 90.3 Å². The molecule has 0 saturated carbocycles. The molecule has 33 heavy (non-hydrogen) atoms. The van der Waals surface area contributed by atoms with Crippen molar-refractivity contribution < 1.29 is 9.90 Å². The third kappa shape index (κ3) is 5.97. The van der Waals surface area contributed by atoms with Crippen molar-refractivity contribution in [1.29, 1.82) is 0 Å². The second-order valence-corrected chi connectivity index (χ2v) is 9.82. The standard InChI is InChI=1S/C25H24N4O2S2/c1-17-8-14-22(15-9-17)32-16-23-27-28-25(29(23)20-6-4-3-5-7-20)33-18(2)24(31)26-19-10-12-21(30)13-11-19/h3-15,18,30H,16H2,1-2H3,(H,26,31). The number of phenols is 1. The van der Waals surface area contributed by atoms with E-state index in [1.807, 2.05) is 41.8 Å². The maximum Gasteiger partial charge on any atom is 0.237 e. The summed E-state index contributed by atoms with van der Waals surface area (Å²) in [7, 11) is 0. The normalized spacial score (nSPS) is 11.8. The number of nitrogens with one attached hydrogen (secondary N) is 1. The quantitative estimate of drug-likeness (QED) is 0.251. The minimum atomic E-state index is -0.400. The van der Waals surface area contributed by atoms with Crippen molar-refractivity contribution in [2.45, 2.75) is 34.9 Å². The Labute approximate surface area is 201 Å². The Balaban J connectivity index is 1.52. The Bertz CT molecular complexity index is 1210. The summed E-state index contributed by atoms with van der Waals surface area (Å²) < 4.78 is 2.01. The molecule has 0 bridgehead atoms. The van der Waals surface area contributed by atoms with Crippen LogP contribution < -0.4 is 5.32 Å². The van der Waals surface area contributed by atoms with Gasteiger partial charge in [0.1, 0.15) is 11.6 Å². The monoisotopic (exact) mass is 476 g/mol. The molecule has 0 saturated heterocycles. The Morgan fingerprint density at radius 2 is 1.70 bits per heavy atom. The van der Waals surface area contributed by atoms with Crippen molar-refractivity contribution in [2.75, 3.05) is 5.32 Å². The van der Waals surface area contributed by atoms with E-state index in [1.54, 1.807) is 23.9 Å². The number of hydrogen-bond acceptors (Lipinski definition) is 6. The highest BCUT2D eigenvalue weighted by Crippen LogP contribution is 2.30. The molecule has 2 N–H and O–H groups in total. The Morgan fingerprint density at radius 1 is 1.00 bits per heavy atom. The summed E-state index contributed by atoms with van der Waals surface area (Å²) in [6, 6.07) is 24.7. The first kappa shape index (κ1) is 22.9. The fourth-order valence-corrected chi connectivity index (χ4v) is 4.79. The summed E-state index contributed by atoms with van der Waals surface area (Å²) in [6.45, 7) is 3.91. The minimum Gasteiger partial charge on any atom is -0.508 e. The molecule has 1 amide bonds. The average Bonchev–Trinajstić information content (AvgIpc) is 3.23. The van der Waals surface area contributed by atoms with E-state index >= 15 is 0 Å². The molecule has 168 valence electrons. The van der Waals surface area contributed by atoms with Gasteiger partial charge in [0.15, 0.2) is 5.16 Å². The van der Waals surface area contributed by atoms with E-state index in [2.05, 4.69) is 46.7 Å². The fourth-order valence-electron chi connectivity index (χ4n) is 3.09. The summed E-state index contributed by atoms with van der Waals surface area (Å²) in [5.74, 6) is 1.48. The Morgan fingerprint density at radius 3 is 2.39 bits per heavy atom. The molecule has 0 spiro atoms. The van der Waals surface area contributed by atoms with E-state index in [0.29, 0.717) is 16.6 Å². The Kier molecular flexibility index (Phi) is 7.36. The third-order valence-electron chi connectivity index (χ3n) is 4.89. The predicted octanol–water partition coefficient (Wildman–Crippen LogP) is 5.69. The van der Waals surface area contributed by atoms with Crippen LogP contribution in [0.2, 0.25) is 0 Å². The van der Waals surface area contributed by atoms with Gasteiger partial charge in [-0.1, -0.05) is 47.7 Å². The third-order valence-corrected chi connectivity index (χ3v) is 6.94. The first-order chi connectivity index (χ1) is 16.0. The molecule has 0 fully saturated rings. The van der Waals surface area contributed by atoms with Crippen LogP contribution >= 0.6 is 23.5 Å². The number of thioether (sulfide) groups is 2. The van der Waals surface area contributed by atoms with Crippen molar-refractivity contribution in [3.63, 3.8) is 0 Å². The number of hydrogen-bond donors (Lipinski definition) is 2. The number of anilines is 1. The zero-order valence-electron chi connectivity index (χ0n) is 18.3. The van der Waals surface area contributed by atoms with Gasteiger partial charge in [0.05, 0.1) is 11.0 Å². The molecule has 0 aliphatic heterocycles. The van der Waals surface area contributed by atoms with Gasteiger partial charge < -0.3 is 10.4 Å². The topological polar surface area (TPSA) is 80.0 Å². The predicted molar refractivity (Wildman–Crippen MR) is 134 cm³/mol. The van der Waals surface area contributed by atoms with E-state index in [9.17, 15) is 9.90 Å². The molecule has 6 nitrogen and oxygen atoms in total. The molecule has 4 aromatic rings. The maximum absolute atomic E-state index is 12.7. The van der Waals surface area contributed by atoms with Gasteiger partial charge in [0.2, 0.25) is 5.91 Å². The lowest BCUT2D eigenvalue weighted by Crippen LogP contribution is -2.22. The smallest absolute Gasteiger partial charge is 0.237 e. The summed E-state index contributed by atoms with van der Waals surface area (Å²) in [5.41, 5.74) is 2.81. The highest BCUT2D eigenvalue weighted by molar-refractivity contribution is 8.00. The fraction of sp³-hybridized carbons (Fsp3) is 0.160. The van der Waals surface area contributed by atoms with Crippen LogP contribution in [0.1, 0.15) is 18.3 Å². The highest BCUT2D eigenvalue weighted by atomic mass is 32.2. The number of carbonyl (C=O) groups is 1. The number of phenolic OH excluding ortho intramolecular Hbond substituents is 1.